The average molecular weight is 472 g/mol. The summed E-state index contributed by atoms with van der Waals surface area (Å²) in [4.78, 5) is 9.81. The average Bonchev–Trinajstić information content (AvgIpc) is 3.30. The van der Waals surface area contributed by atoms with Crippen LogP contribution in [-0.4, -0.2) is 24.5 Å². The van der Waals surface area contributed by atoms with Crippen molar-refractivity contribution in [2.24, 2.45) is 4.99 Å². The number of oxazole rings is 1. The maximum atomic E-state index is 5.53. The number of hydrogen-bond donors (Lipinski definition) is 2. The van der Waals surface area contributed by atoms with E-state index in [4.69, 9.17) is 4.42 Å². The fourth-order valence-electron chi connectivity index (χ4n) is 2.77. The second kappa shape index (κ2) is 10.6. The zero-order chi connectivity index (χ0) is 16.6. The quantitative estimate of drug-likeness (QED) is 0.280. The Morgan fingerprint density at radius 1 is 1.36 bits per heavy atom. The van der Waals surface area contributed by atoms with Gasteiger partial charge in [-0.3, -0.25) is 4.99 Å². The van der Waals surface area contributed by atoms with Crippen molar-refractivity contribution in [1.29, 1.82) is 0 Å². The highest BCUT2D eigenvalue weighted by molar-refractivity contribution is 14.0. The van der Waals surface area contributed by atoms with E-state index < -0.39 is 0 Å². The van der Waals surface area contributed by atoms with Crippen LogP contribution in [0.2, 0.25) is 0 Å². The number of rotatable bonds is 6. The van der Waals surface area contributed by atoms with Gasteiger partial charge < -0.3 is 15.1 Å². The van der Waals surface area contributed by atoms with Gasteiger partial charge in [-0.05, 0) is 43.6 Å². The number of hydrogen-bond acceptors (Lipinski definition) is 4. The van der Waals surface area contributed by atoms with Gasteiger partial charge in [0.2, 0.25) is 5.89 Å². The van der Waals surface area contributed by atoms with Crippen LogP contribution in [0.5, 0.6) is 0 Å². The van der Waals surface area contributed by atoms with E-state index in [2.05, 4.69) is 26.7 Å². The third-order valence-electron chi connectivity index (χ3n) is 4.07. The van der Waals surface area contributed by atoms with Crippen LogP contribution in [0.3, 0.4) is 0 Å². The maximum Gasteiger partial charge on any atom is 0.236 e. The summed E-state index contributed by atoms with van der Waals surface area (Å²) < 4.78 is 5.53. The van der Waals surface area contributed by atoms with Gasteiger partial charge in [-0.1, -0.05) is 17.7 Å². The van der Waals surface area contributed by atoms with Gasteiger partial charge in [0.15, 0.2) is 5.96 Å². The molecule has 0 atom stereocenters. The number of guanidine groups is 1. The smallest absolute Gasteiger partial charge is 0.236 e. The van der Waals surface area contributed by atoms with E-state index in [1.807, 2.05) is 17.5 Å². The Kier molecular flexibility index (Phi) is 8.47. The summed E-state index contributed by atoms with van der Waals surface area (Å²) in [6.07, 6.45) is 10.3. The second-order valence-corrected chi connectivity index (χ2v) is 6.78. The molecule has 2 aromatic heterocycles. The van der Waals surface area contributed by atoms with Crippen molar-refractivity contribution in [3.8, 4) is 10.8 Å². The standard InChI is InChI=1S/C18H24N4OS.HI/c1-19-18(20-10-9-14-6-3-2-4-7-14)21-12-15-13-23-17(22-15)16-8-5-11-24-16;/h5-6,8,11,13H,2-4,7,9-10,12H2,1H3,(H2,19,20,21);1H. The number of thiophene rings is 1. The first-order valence-corrected chi connectivity index (χ1v) is 9.34. The molecular weight excluding hydrogens is 447 g/mol. The highest BCUT2D eigenvalue weighted by Gasteiger charge is 2.08. The molecule has 0 aromatic carbocycles. The normalized spacial score (nSPS) is 14.6. The zero-order valence-corrected chi connectivity index (χ0v) is 17.6. The van der Waals surface area contributed by atoms with Gasteiger partial charge in [-0.15, -0.1) is 35.3 Å². The molecule has 136 valence electrons. The molecule has 5 nitrogen and oxygen atoms in total. The van der Waals surface area contributed by atoms with E-state index in [0.717, 1.165) is 29.5 Å². The van der Waals surface area contributed by atoms with Gasteiger partial charge in [0.05, 0.1) is 17.1 Å². The summed E-state index contributed by atoms with van der Waals surface area (Å²) in [7, 11) is 1.79. The van der Waals surface area contributed by atoms with Crippen molar-refractivity contribution in [1.82, 2.24) is 15.6 Å². The van der Waals surface area contributed by atoms with Crippen LogP contribution in [0, 0.1) is 0 Å². The minimum Gasteiger partial charge on any atom is -0.443 e. The van der Waals surface area contributed by atoms with Crippen LogP contribution in [0.1, 0.15) is 37.8 Å². The van der Waals surface area contributed by atoms with Crippen molar-refractivity contribution in [2.75, 3.05) is 13.6 Å². The fourth-order valence-corrected chi connectivity index (χ4v) is 3.43. The molecule has 2 N–H and O–H groups in total. The van der Waals surface area contributed by atoms with E-state index in [1.165, 1.54) is 25.7 Å². The Morgan fingerprint density at radius 3 is 3.00 bits per heavy atom. The van der Waals surface area contributed by atoms with Crippen LogP contribution >= 0.6 is 35.3 Å². The molecule has 2 heterocycles. The number of aliphatic imine (C=N–C) groups is 1. The molecule has 1 aliphatic rings. The Balaban J connectivity index is 0.00000225. The molecule has 0 radical (unpaired) electrons. The summed E-state index contributed by atoms with van der Waals surface area (Å²) in [5, 5.41) is 8.66. The Labute approximate surface area is 170 Å². The summed E-state index contributed by atoms with van der Waals surface area (Å²) in [5.41, 5.74) is 2.44. The molecular formula is C18H25IN4OS. The lowest BCUT2D eigenvalue weighted by Crippen LogP contribution is -2.37. The van der Waals surface area contributed by atoms with Crippen molar-refractivity contribution < 1.29 is 4.42 Å². The molecule has 0 fully saturated rings. The van der Waals surface area contributed by atoms with E-state index in [9.17, 15) is 0 Å². The summed E-state index contributed by atoms with van der Waals surface area (Å²) in [6.45, 7) is 1.50. The number of allylic oxidation sites excluding steroid dienone is 1. The topological polar surface area (TPSA) is 62.5 Å². The van der Waals surface area contributed by atoms with Gasteiger partial charge in [-0.2, -0.15) is 0 Å². The minimum atomic E-state index is 0. The summed E-state index contributed by atoms with van der Waals surface area (Å²) in [5.74, 6) is 1.47. The molecule has 25 heavy (non-hydrogen) atoms. The monoisotopic (exact) mass is 472 g/mol. The van der Waals surface area contributed by atoms with Crippen molar-refractivity contribution in [3.63, 3.8) is 0 Å². The Bertz CT molecular complexity index is 694. The molecule has 1 aliphatic carbocycles. The van der Waals surface area contributed by atoms with E-state index in [0.29, 0.717) is 12.4 Å². The second-order valence-electron chi connectivity index (χ2n) is 5.83. The number of halogens is 1. The van der Waals surface area contributed by atoms with Crippen molar-refractivity contribution >= 4 is 41.3 Å². The fraction of sp³-hybridized carbons (Fsp3) is 0.444. The van der Waals surface area contributed by atoms with Gasteiger partial charge in [0.1, 0.15) is 6.26 Å². The molecule has 0 amide bonds. The molecule has 0 aliphatic heterocycles. The molecule has 0 bridgehead atoms. The summed E-state index contributed by atoms with van der Waals surface area (Å²) in [6, 6.07) is 4.00. The lowest BCUT2D eigenvalue weighted by atomic mass is 9.97. The van der Waals surface area contributed by atoms with Gasteiger partial charge in [0, 0.05) is 13.6 Å². The van der Waals surface area contributed by atoms with Gasteiger partial charge >= 0.3 is 0 Å². The number of aromatic nitrogens is 1. The highest BCUT2D eigenvalue weighted by Crippen LogP contribution is 2.23. The van der Waals surface area contributed by atoms with Gasteiger partial charge in [0.25, 0.3) is 0 Å². The van der Waals surface area contributed by atoms with Crippen molar-refractivity contribution in [3.05, 3.63) is 41.1 Å². The minimum absolute atomic E-state index is 0. The number of nitrogens with zero attached hydrogens (tertiary/aromatic N) is 2. The highest BCUT2D eigenvalue weighted by atomic mass is 127. The first-order chi connectivity index (χ1) is 11.8. The Morgan fingerprint density at radius 2 is 2.28 bits per heavy atom. The maximum absolute atomic E-state index is 5.53. The van der Waals surface area contributed by atoms with Gasteiger partial charge in [-0.25, -0.2) is 4.98 Å². The van der Waals surface area contributed by atoms with Crippen LogP contribution < -0.4 is 10.6 Å². The number of nitrogens with one attached hydrogen (secondary N) is 2. The molecule has 0 saturated carbocycles. The molecule has 0 unspecified atom stereocenters. The third-order valence-corrected chi connectivity index (χ3v) is 4.93. The first-order valence-electron chi connectivity index (χ1n) is 8.46. The summed E-state index contributed by atoms with van der Waals surface area (Å²) >= 11 is 1.62. The Hall–Kier alpha value is -1.35. The van der Waals surface area contributed by atoms with Crippen LogP contribution in [0.4, 0.5) is 0 Å². The van der Waals surface area contributed by atoms with Crippen molar-refractivity contribution in [2.45, 2.75) is 38.6 Å². The zero-order valence-electron chi connectivity index (χ0n) is 14.5. The van der Waals surface area contributed by atoms with E-state index in [-0.39, 0.29) is 24.0 Å². The molecule has 2 aromatic rings. The first kappa shape index (κ1) is 20.0. The third kappa shape index (κ3) is 6.14. The largest absolute Gasteiger partial charge is 0.443 e. The van der Waals surface area contributed by atoms with E-state index in [1.54, 1.807) is 30.2 Å². The van der Waals surface area contributed by atoms with Crippen LogP contribution in [0.25, 0.3) is 10.8 Å². The predicted octanol–water partition coefficient (Wildman–Crippen LogP) is 4.58. The van der Waals surface area contributed by atoms with Crippen LogP contribution in [-0.2, 0) is 6.54 Å². The molecule has 3 rings (SSSR count). The lowest BCUT2D eigenvalue weighted by Gasteiger charge is -2.14. The van der Waals surface area contributed by atoms with E-state index >= 15 is 0 Å². The van der Waals surface area contributed by atoms with Crippen LogP contribution in [0.15, 0.2) is 44.8 Å². The SMILES string of the molecule is CN=C(NCCC1=CCCCC1)NCc1coc(-c2cccs2)n1.I. The molecule has 0 saturated heterocycles. The molecule has 0 spiro atoms. The predicted molar refractivity (Wildman–Crippen MR) is 115 cm³/mol. The lowest BCUT2D eigenvalue weighted by molar-refractivity contribution is 0.573. The molecule has 7 heteroatoms.